The maximum Gasteiger partial charge on any atom is 0.326 e. The van der Waals surface area contributed by atoms with Crippen LogP contribution in [0.3, 0.4) is 0 Å². The highest BCUT2D eigenvalue weighted by atomic mass is 16.5. The van der Waals surface area contributed by atoms with Gasteiger partial charge in [0.1, 0.15) is 5.54 Å². The fourth-order valence-electron chi connectivity index (χ4n) is 2.07. The molecule has 0 aromatic rings. The molecule has 0 aliphatic heterocycles. The van der Waals surface area contributed by atoms with Gasteiger partial charge in [-0.05, 0) is 54.1 Å². The van der Waals surface area contributed by atoms with E-state index in [-0.39, 0.29) is 12.0 Å². The van der Waals surface area contributed by atoms with E-state index in [1.165, 1.54) is 0 Å². The van der Waals surface area contributed by atoms with Gasteiger partial charge in [0.25, 0.3) is 0 Å². The Morgan fingerprint density at radius 1 is 1.33 bits per heavy atom. The van der Waals surface area contributed by atoms with Crippen LogP contribution in [0.4, 0.5) is 0 Å². The Labute approximate surface area is 112 Å². The van der Waals surface area contributed by atoms with Crippen molar-refractivity contribution in [3.05, 3.63) is 0 Å². The lowest BCUT2D eigenvalue weighted by Gasteiger charge is -2.32. The molecule has 0 aromatic carbocycles. The minimum absolute atomic E-state index is 0.149. The zero-order valence-electron chi connectivity index (χ0n) is 12.9. The number of nitrogens with zero attached hydrogens (tertiary/aromatic N) is 1. The zero-order valence-corrected chi connectivity index (χ0v) is 12.9. The molecular formula is C14H30N2O2. The molecule has 0 spiro atoms. The summed E-state index contributed by atoms with van der Waals surface area (Å²) in [4.78, 5) is 14.3. The monoisotopic (exact) mass is 258 g/mol. The van der Waals surface area contributed by atoms with E-state index in [4.69, 9.17) is 4.74 Å². The fourth-order valence-corrected chi connectivity index (χ4v) is 2.07. The van der Waals surface area contributed by atoms with Gasteiger partial charge < -0.3 is 9.64 Å². The number of carbonyl (C=O) groups excluding carboxylic acids is 1. The summed E-state index contributed by atoms with van der Waals surface area (Å²) in [6.07, 6.45) is 1.89. The van der Waals surface area contributed by atoms with Crippen LogP contribution in [0.2, 0.25) is 0 Å². The van der Waals surface area contributed by atoms with Crippen molar-refractivity contribution in [3.8, 4) is 0 Å². The van der Waals surface area contributed by atoms with Gasteiger partial charge in [0.2, 0.25) is 0 Å². The molecule has 4 heteroatoms. The molecule has 108 valence electrons. The van der Waals surface area contributed by atoms with Gasteiger partial charge in [-0.3, -0.25) is 10.1 Å². The average Bonchev–Trinajstić information content (AvgIpc) is 2.26. The van der Waals surface area contributed by atoms with E-state index in [1.54, 1.807) is 0 Å². The SMILES string of the molecule is CCCN(C)CCC(C)(NC(C)C)C(=O)OCC. The summed E-state index contributed by atoms with van der Waals surface area (Å²) in [5.41, 5.74) is -0.591. The molecule has 1 unspecified atom stereocenters. The minimum Gasteiger partial charge on any atom is -0.465 e. The number of rotatable bonds is 9. The van der Waals surface area contributed by atoms with E-state index in [2.05, 4.69) is 24.2 Å². The molecule has 0 aliphatic carbocycles. The number of hydrogen-bond acceptors (Lipinski definition) is 4. The Balaban J connectivity index is 4.51. The molecule has 1 atom stereocenters. The third-order valence-corrected chi connectivity index (χ3v) is 2.93. The van der Waals surface area contributed by atoms with Gasteiger partial charge in [0.15, 0.2) is 0 Å². The van der Waals surface area contributed by atoms with Gasteiger partial charge in [-0.1, -0.05) is 6.92 Å². The topological polar surface area (TPSA) is 41.6 Å². The van der Waals surface area contributed by atoms with E-state index in [0.717, 1.165) is 25.9 Å². The maximum absolute atomic E-state index is 12.1. The van der Waals surface area contributed by atoms with Gasteiger partial charge in [-0.25, -0.2) is 0 Å². The molecule has 0 heterocycles. The zero-order chi connectivity index (χ0) is 14.2. The van der Waals surface area contributed by atoms with Gasteiger partial charge in [0, 0.05) is 12.6 Å². The fraction of sp³-hybridized carbons (Fsp3) is 0.929. The van der Waals surface area contributed by atoms with Crippen LogP contribution < -0.4 is 5.32 Å². The molecule has 0 aromatic heterocycles. The van der Waals surface area contributed by atoms with Gasteiger partial charge in [-0.15, -0.1) is 0 Å². The standard InChI is InChI=1S/C14H30N2O2/c1-7-10-16(6)11-9-14(5,15-12(3)4)13(17)18-8-2/h12,15H,7-11H2,1-6H3. The first-order valence-corrected chi connectivity index (χ1v) is 6.99. The molecule has 0 bridgehead atoms. The molecule has 0 saturated heterocycles. The molecule has 0 aliphatic rings. The normalized spacial score (nSPS) is 14.9. The second kappa shape index (κ2) is 8.48. The highest BCUT2D eigenvalue weighted by Gasteiger charge is 2.34. The lowest BCUT2D eigenvalue weighted by Crippen LogP contribution is -2.54. The van der Waals surface area contributed by atoms with Crippen LogP contribution in [0.5, 0.6) is 0 Å². The number of ether oxygens (including phenoxy) is 1. The summed E-state index contributed by atoms with van der Waals surface area (Å²) in [6, 6.07) is 0.260. The number of nitrogens with one attached hydrogen (secondary N) is 1. The van der Waals surface area contributed by atoms with Crippen LogP contribution in [-0.4, -0.2) is 49.2 Å². The first-order chi connectivity index (χ1) is 8.35. The van der Waals surface area contributed by atoms with Crippen LogP contribution in [0.25, 0.3) is 0 Å². The third kappa shape index (κ3) is 6.36. The summed E-state index contributed by atoms with van der Waals surface area (Å²) in [7, 11) is 2.09. The predicted octanol–water partition coefficient (Wildman–Crippen LogP) is 2.04. The van der Waals surface area contributed by atoms with Crippen molar-refractivity contribution in [1.82, 2.24) is 10.2 Å². The highest BCUT2D eigenvalue weighted by Crippen LogP contribution is 2.14. The van der Waals surface area contributed by atoms with E-state index >= 15 is 0 Å². The quantitative estimate of drug-likeness (QED) is 0.643. The van der Waals surface area contributed by atoms with Crippen molar-refractivity contribution < 1.29 is 9.53 Å². The minimum atomic E-state index is -0.591. The van der Waals surface area contributed by atoms with E-state index in [1.807, 2.05) is 27.7 Å². The second-order valence-corrected chi connectivity index (χ2v) is 5.40. The molecule has 0 rings (SSSR count). The van der Waals surface area contributed by atoms with Crippen LogP contribution >= 0.6 is 0 Å². The van der Waals surface area contributed by atoms with Crippen molar-refractivity contribution >= 4 is 5.97 Å². The maximum atomic E-state index is 12.1. The number of esters is 1. The van der Waals surface area contributed by atoms with Crippen LogP contribution in [-0.2, 0) is 9.53 Å². The van der Waals surface area contributed by atoms with E-state index in [0.29, 0.717) is 6.61 Å². The first kappa shape index (κ1) is 17.4. The molecule has 1 N–H and O–H groups in total. The van der Waals surface area contributed by atoms with Crippen LogP contribution in [0.15, 0.2) is 0 Å². The Kier molecular flexibility index (Phi) is 8.20. The molecule has 0 saturated carbocycles. The van der Waals surface area contributed by atoms with Crippen LogP contribution in [0.1, 0.15) is 47.5 Å². The predicted molar refractivity (Wildman–Crippen MR) is 75.7 cm³/mol. The molecule has 0 radical (unpaired) electrons. The van der Waals surface area contributed by atoms with Crippen LogP contribution in [0, 0.1) is 0 Å². The van der Waals surface area contributed by atoms with Gasteiger partial charge >= 0.3 is 5.97 Å². The van der Waals surface area contributed by atoms with Gasteiger partial charge in [0.05, 0.1) is 6.61 Å². The molecular weight excluding hydrogens is 228 g/mol. The second-order valence-electron chi connectivity index (χ2n) is 5.40. The number of carbonyl (C=O) groups is 1. The largest absolute Gasteiger partial charge is 0.465 e. The summed E-state index contributed by atoms with van der Waals surface area (Å²) < 4.78 is 5.18. The summed E-state index contributed by atoms with van der Waals surface area (Å²) >= 11 is 0. The molecule has 0 fully saturated rings. The summed E-state index contributed by atoms with van der Waals surface area (Å²) in [5.74, 6) is -0.149. The van der Waals surface area contributed by atoms with Crippen molar-refractivity contribution in [1.29, 1.82) is 0 Å². The smallest absolute Gasteiger partial charge is 0.326 e. The Morgan fingerprint density at radius 3 is 2.39 bits per heavy atom. The number of hydrogen-bond donors (Lipinski definition) is 1. The molecule has 0 amide bonds. The van der Waals surface area contributed by atoms with Crippen molar-refractivity contribution in [2.75, 3.05) is 26.7 Å². The lowest BCUT2D eigenvalue weighted by atomic mass is 9.96. The van der Waals surface area contributed by atoms with E-state index < -0.39 is 5.54 Å². The van der Waals surface area contributed by atoms with Crippen molar-refractivity contribution in [3.63, 3.8) is 0 Å². The summed E-state index contributed by atoms with van der Waals surface area (Å²) in [5, 5.41) is 3.34. The highest BCUT2D eigenvalue weighted by molar-refractivity contribution is 5.80. The first-order valence-electron chi connectivity index (χ1n) is 6.99. The van der Waals surface area contributed by atoms with Crippen molar-refractivity contribution in [2.45, 2.75) is 59.0 Å². The Bertz CT molecular complexity index is 244. The lowest BCUT2D eigenvalue weighted by molar-refractivity contribution is -0.151. The van der Waals surface area contributed by atoms with Gasteiger partial charge in [-0.2, -0.15) is 0 Å². The summed E-state index contributed by atoms with van der Waals surface area (Å²) in [6.45, 7) is 12.4. The Morgan fingerprint density at radius 2 is 1.94 bits per heavy atom. The molecule has 4 nitrogen and oxygen atoms in total. The Hall–Kier alpha value is -0.610. The third-order valence-electron chi connectivity index (χ3n) is 2.93. The van der Waals surface area contributed by atoms with Crippen molar-refractivity contribution in [2.24, 2.45) is 0 Å². The average molecular weight is 258 g/mol. The molecule has 18 heavy (non-hydrogen) atoms. The van der Waals surface area contributed by atoms with E-state index in [9.17, 15) is 4.79 Å².